The lowest BCUT2D eigenvalue weighted by Crippen LogP contribution is -2.16. The second kappa shape index (κ2) is 7.20. The molecule has 108 valence electrons. The minimum Gasteiger partial charge on any atom is -0.312 e. The van der Waals surface area contributed by atoms with Gasteiger partial charge >= 0.3 is 0 Å². The predicted octanol–water partition coefficient (Wildman–Crippen LogP) is 3.79. The zero-order valence-electron chi connectivity index (χ0n) is 11.9. The molecule has 3 nitrogen and oxygen atoms in total. The van der Waals surface area contributed by atoms with Crippen LogP contribution in [-0.4, -0.2) is 16.3 Å². The van der Waals surface area contributed by atoms with Crippen LogP contribution in [0.3, 0.4) is 0 Å². The highest BCUT2D eigenvalue weighted by Gasteiger charge is 2.01. The van der Waals surface area contributed by atoms with E-state index < -0.39 is 0 Å². The van der Waals surface area contributed by atoms with Gasteiger partial charge in [-0.2, -0.15) is 5.10 Å². The first-order valence-electron chi connectivity index (χ1n) is 7.23. The SMILES string of the molecule is c1ccc(-c2csc(CNCCCn3cccn3)c2)cc1. The van der Waals surface area contributed by atoms with Gasteiger partial charge in [-0.25, -0.2) is 0 Å². The maximum atomic E-state index is 4.20. The maximum absolute atomic E-state index is 4.20. The molecule has 0 saturated heterocycles. The molecule has 0 fully saturated rings. The third kappa shape index (κ3) is 4.03. The summed E-state index contributed by atoms with van der Waals surface area (Å²) in [7, 11) is 0. The van der Waals surface area contributed by atoms with Crippen molar-refractivity contribution in [2.24, 2.45) is 0 Å². The summed E-state index contributed by atoms with van der Waals surface area (Å²) in [5, 5.41) is 9.93. The van der Waals surface area contributed by atoms with Gasteiger partial charge < -0.3 is 5.32 Å². The van der Waals surface area contributed by atoms with Crippen molar-refractivity contribution in [3.63, 3.8) is 0 Å². The van der Waals surface area contributed by atoms with Gasteiger partial charge in [0.1, 0.15) is 0 Å². The van der Waals surface area contributed by atoms with Gasteiger partial charge in [-0.15, -0.1) is 11.3 Å². The van der Waals surface area contributed by atoms with E-state index in [1.807, 2.05) is 34.5 Å². The Hall–Kier alpha value is -1.91. The molecule has 1 N–H and O–H groups in total. The largest absolute Gasteiger partial charge is 0.312 e. The standard InChI is InChI=1S/C17H19N3S/c1-2-6-15(7-3-1)16-12-17(21-14-16)13-18-8-4-10-20-11-5-9-19-20/h1-3,5-7,9,11-12,14,18H,4,8,10,13H2. The predicted molar refractivity (Wildman–Crippen MR) is 88.3 cm³/mol. The Balaban J connectivity index is 1.43. The molecule has 0 amide bonds. The number of rotatable bonds is 7. The molecule has 1 aromatic carbocycles. The van der Waals surface area contributed by atoms with Gasteiger partial charge in [0.15, 0.2) is 0 Å². The number of nitrogens with zero attached hydrogens (tertiary/aromatic N) is 2. The van der Waals surface area contributed by atoms with Gasteiger partial charge in [0.25, 0.3) is 0 Å². The summed E-state index contributed by atoms with van der Waals surface area (Å²) in [6, 6.07) is 14.8. The van der Waals surface area contributed by atoms with Gasteiger partial charge in [-0.3, -0.25) is 4.68 Å². The van der Waals surface area contributed by atoms with Gasteiger partial charge in [0.05, 0.1) is 0 Å². The molecule has 0 unspecified atom stereocenters. The van der Waals surface area contributed by atoms with Crippen LogP contribution in [0.1, 0.15) is 11.3 Å². The van der Waals surface area contributed by atoms with Crippen molar-refractivity contribution in [1.82, 2.24) is 15.1 Å². The van der Waals surface area contributed by atoms with Gasteiger partial charge in [0, 0.05) is 30.4 Å². The average molecular weight is 297 g/mol. The maximum Gasteiger partial charge on any atom is 0.0489 e. The Labute approximate surface area is 129 Å². The Bertz CT molecular complexity index is 644. The van der Waals surface area contributed by atoms with Gasteiger partial charge in [-0.1, -0.05) is 30.3 Å². The third-order valence-corrected chi connectivity index (χ3v) is 4.30. The fourth-order valence-electron chi connectivity index (χ4n) is 2.27. The summed E-state index contributed by atoms with van der Waals surface area (Å²) in [4.78, 5) is 1.38. The van der Waals surface area contributed by atoms with E-state index in [0.717, 1.165) is 26.1 Å². The molecule has 21 heavy (non-hydrogen) atoms. The molecule has 2 heterocycles. The highest BCUT2D eigenvalue weighted by molar-refractivity contribution is 7.10. The number of aromatic nitrogens is 2. The first kappa shape index (κ1) is 14.0. The molecule has 3 rings (SSSR count). The van der Waals surface area contributed by atoms with Gasteiger partial charge in [-0.05, 0) is 41.6 Å². The molecular weight excluding hydrogens is 278 g/mol. The summed E-state index contributed by atoms with van der Waals surface area (Å²) in [5.41, 5.74) is 2.60. The number of hydrogen-bond donors (Lipinski definition) is 1. The fraction of sp³-hybridized carbons (Fsp3) is 0.235. The molecule has 0 aliphatic carbocycles. The molecular formula is C17H19N3S. The van der Waals surface area contributed by atoms with Crippen molar-refractivity contribution in [1.29, 1.82) is 0 Å². The molecule has 3 aromatic rings. The van der Waals surface area contributed by atoms with E-state index in [1.54, 1.807) is 0 Å². The van der Waals surface area contributed by atoms with E-state index in [1.165, 1.54) is 16.0 Å². The third-order valence-electron chi connectivity index (χ3n) is 3.36. The normalized spacial score (nSPS) is 10.9. The van der Waals surface area contributed by atoms with Crippen LogP contribution in [-0.2, 0) is 13.1 Å². The minimum atomic E-state index is 0.941. The van der Waals surface area contributed by atoms with Crippen LogP contribution in [0.15, 0.2) is 60.2 Å². The first-order chi connectivity index (χ1) is 10.4. The topological polar surface area (TPSA) is 29.9 Å². The molecule has 0 saturated carbocycles. The Morgan fingerprint density at radius 3 is 2.81 bits per heavy atom. The Morgan fingerprint density at radius 1 is 1.10 bits per heavy atom. The van der Waals surface area contributed by atoms with E-state index in [0.29, 0.717) is 0 Å². The van der Waals surface area contributed by atoms with Crippen LogP contribution in [0.4, 0.5) is 0 Å². The summed E-state index contributed by atoms with van der Waals surface area (Å²) in [6.45, 7) is 2.93. The second-order valence-corrected chi connectivity index (χ2v) is 5.96. The van der Waals surface area contributed by atoms with Crippen LogP contribution in [0.2, 0.25) is 0 Å². The molecule has 0 aliphatic rings. The van der Waals surface area contributed by atoms with E-state index in [9.17, 15) is 0 Å². The van der Waals surface area contributed by atoms with Crippen molar-refractivity contribution < 1.29 is 0 Å². The number of benzene rings is 1. The summed E-state index contributed by atoms with van der Waals surface area (Å²) in [5.74, 6) is 0. The summed E-state index contributed by atoms with van der Waals surface area (Å²) >= 11 is 1.82. The number of aryl methyl sites for hydroxylation is 1. The van der Waals surface area contributed by atoms with Crippen molar-refractivity contribution in [3.8, 4) is 11.1 Å². The molecule has 0 spiro atoms. The van der Waals surface area contributed by atoms with Crippen molar-refractivity contribution >= 4 is 11.3 Å². The van der Waals surface area contributed by atoms with E-state index in [4.69, 9.17) is 0 Å². The lowest BCUT2D eigenvalue weighted by atomic mass is 10.1. The Kier molecular flexibility index (Phi) is 4.82. The van der Waals surface area contributed by atoms with Crippen molar-refractivity contribution in [3.05, 3.63) is 65.1 Å². The smallest absolute Gasteiger partial charge is 0.0489 e. The van der Waals surface area contributed by atoms with Crippen LogP contribution >= 0.6 is 11.3 Å². The average Bonchev–Trinajstić information content (AvgIpc) is 3.19. The molecule has 0 bridgehead atoms. The number of thiophene rings is 1. The van der Waals surface area contributed by atoms with Crippen LogP contribution in [0, 0.1) is 0 Å². The molecule has 0 radical (unpaired) electrons. The van der Waals surface area contributed by atoms with Crippen LogP contribution in [0.5, 0.6) is 0 Å². The van der Waals surface area contributed by atoms with E-state index in [-0.39, 0.29) is 0 Å². The minimum absolute atomic E-state index is 0.941. The zero-order valence-corrected chi connectivity index (χ0v) is 12.7. The summed E-state index contributed by atoms with van der Waals surface area (Å²) < 4.78 is 1.97. The first-order valence-corrected chi connectivity index (χ1v) is 8.11. The van der Waals surface area contributed by atoms with E-state index in [2.05, 4.69) is 52.2 Å². The van der Waals surface area contributed by atoms with Crippen LogP contribution in [0.25, 0.3) is 11.1 Å². The highest BCUT2D eigenvalue weighted by Crippen LogP contribution is 2.25. The molecule has 0 atom stereocenters. The monoisotopic (exact) mass is 297 g/mol. The summed E-state index contributed by atoms with van der Waals surface area (Å²) in [6.07, 6.45) is 4.92. The fourth-order valence-corrected chi connectivity index (χ4v) is 3.13. The van der Waals surface area contributed by atoms with Crippen LogP contribution < -0.4 is 5.32 Å². The number of hydrogen-bond acceptors (Lipinski definition) is 3. The van der Waals surface area contributed by atoms with Gasteiger partial charge in [0.2, 0.25) is 0 Å². The van der Waals surface area contributed by atoms with E-state index >= 15 is 0 Å². The van der Waals surface area contributed by atoms with Crippen molar-refractivity contribution in [2.45, 2.75) is 19.5 Å². The second-order valence-electron chi connectivity index (χ2n) is 4.97. The lowest BCUT2D eigenvalue weighted by Gasteiger charge is -2.03. The van der Waals surface area contributed by atoms with Crippen molar-refractivity contribution in [2.75, 3.05) is 6.54 Å². The molecule has 2 aromatic heterocycles. The highest BCUT2D eigenvalue weighted by atomic mass is 32.1. The molecule has 0 aliphatic heterocycles. The molecule has 4 heteroatoms. The quantitative estimate of drug-likeness (QED) is 0.672. The number of nitrogens with one attached hydrogen (secondary N) is 1. The Morgan fingerprint density at radius 2 is 2.00 bits per heavy atom. The zero-order chi connectivity index (χ0) is 14.3. The lowest BCUT2D eigenvalue weighted by molar-refractivity contribution is 0.544.